The summed E-state index contributed by atoms with van der Waals surface area (Å²) < 4.78 is 32.7. The van der Waals surface area contributed by atoms with Gasteiger partial charge in [0.25, 0.3) is 5.91 Å². The Kier molecular flexibility index (Phi) is 6.64. The topological polar surface area (TPSA) is 104 Å². The van der Waals surface area contributed by atoms with E-state index in [9.17, 15) is 13.2 Å². The Morgan fingerprint density at radius 1 is 1.27 bits per heavy atom. The molecule has 1 saturated heterocycles. The molecule has 1 amide bonds. The van der Waals surface area contributed by atoms with Gasteiger partial charge in [-0.05, 0) is 37.3 Å². The van der Waals surface area contributed by atoms with Gasteiger partial charge in [0.15, 0.2) is 0 Å². The first-order valence-electron chi connectivity index (χ1n) is 10.2. The number of sulfonamides is 1. The predicted molar refractivity (Wildman–Crippen MR) is 115 cm³/mol. The first-order chi connectivity index (χ1) is 14.5. The van der Waals surface area contributed by atoms with Crippen LogP contribution < -0.4 is 10.1 Å². The van der Waals surface area contributed by atoms with E-state index in [1.54, 1.807) is 18.0 Å². The number of hydrogen-bond acceptors (Lipinski definition) is 6. The van der Waals surface area contributed by atoms with Crippen molar-refractivity contribution < 1.29 is 17.9 Å². The molecule has 0 unspecified atom stereocenters. The lowest BCUT2D eigenvalue weighted by atomic mass is 10.2. The zero-order valence-corrected chi connectivity index (χ0v) is 18.3. The van der Waals surface area contributed by atoms with E-state index in [1.165, 1.54) is 29.4 Å². The average Bonchev–Trinajstić information content (AvgIpc) is 3.46. The van der Waals surface area contributed by atoms with Crippen LogP contribution in [0.4, 0.5) is 0 Å². The molecular weight excluding hydrogens is 424 g/mol. The van der Waals surface area contributed by atoms with E-state index in [0.717, 1.165) is 29.9 Å². The number of aromatic nitrogens is 2. The molecule has 162 valence electrons. The normalized spacial score (nSPS) is 18.4. The quantitative estimate of drug-likeness (QED) is 0.671. The Hall–Kier alpha value is -2.04. The minimum atomic E-state index is -3.57. The maximum Gasteiger partial charge on any atom is 0.268 e. The molecule has 0 aromatic carbocycles. The first-order valence-corrected chi connectivity index (χ1v) is 12.8. The Labute approximate surface area is 180 Å². The number of rotatable bonds is 7. The molecule has 0 bridgehead atoms. The molecule has 8 nitrogen and oxygen atoms in total. The van der Waals surface area contributed by atoms with Crippen LogP contribution in [0.15, 0.2) is 35.5 Å². The van der Waals surface area contributed by atoms with Crippen LogP contribution in [0, 0.1) is 0 Å². The van der Waals surface area contributed by atoms with Gasteiger partial charge in [0.2, 0.25) is 15.9 Å². The van der Waals surface area contributed by atoms with E-state index in [1.807, 2.05) is 12.1 Å². The van der Waals surface area contributed by atoms with Crippen LogP contribution in [0.3, 0.4) is 0 Å². The summed E-state index contributed by atoms with van der Waals surface area (Å²) in [7, 11) is -3.57. The molecule has 0 spiro atoms. The highest BCUT2D eigenvalue weighted by Gasteiger charge is 2.27. The number of thioether (sulfide) groups is 1. The van der Waals surface area contributed by atoms with Crippen LogP contribution in [0.5, 0.6) is 5.88 Å². The van der Waals surface area contributed by atoms with Gasteiger partial charge in [-0.2, -0.15) is 16.1 Å². The second-order valence-electron chi connectivity index (χ2n) is 7.48. The monoisotopic (exact) mass is 450 g/mol. The molecule has 3 heterocycles. The highest BCUT2D eigenvalue weighted by Crippen LogP contribution is 2.23. The van der Waals surface area contributed by atoms with Crippen LogP contribution in [-0.2, 0) is 16.6 Å². The van der Waals surface area contributed by atoms with Crippen molar-refractivity contribution in [2.24, 2.45) is 0 Å². The lowest BCUT2D eigenvalue weighted by Gasteiger charge is -2.24. The maximum absolute atomic E-state index is 12.7. The number of carbonyl (C=O) groups is 1. The molecule has 2 aliphatic rings. The van der Waals surface area contributed by atoms with Gasteiger partial charge in [-0.25, -0.2) is 13.4 Å². The smallest absolute Gasteiger partial charge is 0.268 e. The largest absolute Gasteiger partial charge is 0.474 e. The van der Waals surface area contributed by atoms with Crippen molar-refractivity contribution in [1.82, 2.24) is 19.6 Å². The highest BCUT2D eigenvalue weighted by molar-refractivity contribution is 7.99. The van der Waals surface area contributed by atoms with Crippen molar-refractivity contribution in [1.29, 1.82) is 0 Å². The number of nitrogens with one attached hydrogen (secondary N) is 2. The molecule has 10 heteroatoms. The number of aromatic amines is 1. The third kappa shape index (κ3) is 4.98. The van der Waals surface area contributed by atoms with Crippen molar-refractivity contribution in [2.75, 3.05) is 24.6 Å². The molecule has 1 aliphatic carbocycles. The second kappa shape index (κ2) is 9.40. The Morgan fingerprint density at radius 2 is 2.03 bits per heavy atom. The molecule has 1 aliphatic heterocycles. The maximum atomic E-state index is 12.7. The number of pyridine rings is 1. The van der Waals surface area contributed by atoms with Crippen LogP contribution in [-0.4, -0.2) is 59.3 Å². The number of amides is 1. The van der Waals surface area contributed by atoms with Gasteiger partial charge in [0, 0.05) is 49.6 Å². The van der Waals surface area contributed by atoms with Crippen LogP contribution >= 0.6 is 11.8 Å². The van der Waals surface area contributed by atoms with Gasteiger partial charge in [-0.15, -0.1) is 0 Å². The fraction of sp³-hybridized carbons (Fsp3) is 0.500. The van der Waals surface area contributed by atoms with Gasteiger partial charge in [0.05, 0.1) is 0 Å². The average molecular weight is 451 g/mol. The van der Waals surface area contributed by atoms with Gasteiger partial charge in [0.1, 0.15) is 16.7 Å². The van der Waals surface area contributed by atoms with Crippen molar-refractivity contribution >= 4 is 27.7 Å². The SMILES string of the molecule is O=C(NCc1ccc(OC2CCCC2)nc1)c1cc(S(=O)(=O)N2CCSCC2)c[nH]1. The lowest BCUT2D eigenvalue weighted by Crippen LogP contribution is -2.37. The summed E-state index contributed by atoms with van der Waals surface area (Å²) in [5, 5.41) is 2.79. The number of hydrogen-bond donors (Lipinski definition) is 2. The zero-order chi connectivity index (χ0) is 21.0. The second-order valence-corrected chi connectivity index (χ2v) is 10.6. The first kappa shape index (κ1) is 21.2. The van der Waals surface area contributed by atoms with Gasteiger partial charge < -0.3 is 15.0 Å². The number of ether oxygens (including phenoxy) is 1. The van der Waals surface area contributed by atoms with Crippen molar-refractivity contribution in [2.45, 2.75) is 43.2 Å². The van der Waals surface area contributed by atoms with Gasteiger partial charge >= 0.3 is 0 Å². The molecule has 1 saturated carbocycles. The molecule has 0 atom stereocenters. The van der Waals surface area contributed by atoms with Crippen molar-refractivity contribution in [3.05, 3.63) is 41.9 Å². The van der Waals surface area contributed by atoms with E-state index in [4.69, 9.17) is 4.74 Å². The summed E-state index contributed by atoms with van der Waals surface area (Å²) in [6, 6.07) is 5.08. The Balaban J connectivity index is 1.32. The number of carbonyl (C=O) groups excluding carboxylic acids is 1. The molecular formula is C20H26N4O4S2. The van der Waals surface area contributed by atoms with Crippen LogP contribution in [0.2, 0.25) is 0 Å². The zero-order valence-electron chi connectivity index (χ0n) is 16.7. The number of nitrogens with zero attached hydrogens (tertiary/aromatic N) is 2. The fourth-order valence-electron chi connectivity index (χ4n) is 3.63. The molecule has 2 aromatic rings. The summed E-state index contributed by atoms with van der Waals surface area (Å²) in [6.45, 7) is 1.28. The third-order valence-corrected chi connectivity index (χ3v) is 8.17. The standard InChI is InChI=1S/C20H26N4O4S2/c25-20(18-11-17(14-21-18)30(26,27)24-7-9-29-10-8-24)23-13-15-5-6-19(22-12-15)28-16-3-1-2-4-16/h5-6,11-12,14,16,21H,1-4,7-10,13H2,(H,23,25). The minimum absolute atomic E-state index is 0.120. The van der Waals surface area contributed by atoms with E-state index in [0.29, 0.717) is 25.5 Å². The van der Waals surface area contributed by atoms with Gasteiger partial charge in [-0.1, -0.05) is 6.07 Å². The molecule has 4 rings (SSSR count). The fourth-order valence-corrected chi connectivity index (χ4v) is 6.20. The third-order valence-electron chi connectivity index (χ3n) is 5.35. The summed E-state index contributed by atoms with van der Waals surface area (Å²) in [5.41, 5.74) is 1.06. The summed E-state index contributed by atoms with van der Waals surface area (Å²) in [4.78, 5) is 19.6. The van der Waals surface area contributed by atoms with E-state index < -0.39 is 10.0 Å². The van der Waals surface area contributed by atoms with Crippen molar-refractivity contribution in [3.63, 3.8) is 0 Å². The molecule has 0 radical (unpaired) electrons. The van der Waals surface area contributed by atoms with Gasteiger partial charge in [-0.3, -0.25) is 4.79 Å². The van der Waals surface area contributed by atoms with E-state index in [2.05, 4.69) is 15.3 Å². The molecule has 2 fully saturated rings. The lowest BCUT2D eigenvalue weighted by molar-refractivity contribution is 0.0946. The predicted octanol–water partition coefficient (Wildman–Crippen LogP) is 2.40. The van der Waals surface area contributed by atoms with E-state index >= 15 is 0 Å². The Morgan fingerprint density at radius 3 is 2.73 bits per heavy atom. The van der Waals surface area contributed by atoms with Crippen LogP contribution in [0.1, 0.15) is 41.7 Å². The minimum Gasteiger partial charge on any atom is -0.474 e. The molecule has 30 heavy (non-hydrogen) atoms. The summed E-state index contributed by atoms with van der Waals surface area (Å²) in [6.07, 6.45) is 7.87. The highest BCUT2D eigenvalue weighted by atomic mass is 32.2. The van der Waals surface area contributed by atoms with Crippen LogP contribution in [0.25, 0.3) is 0 Å². The summed E-state index contributed by atoms with van der Waals surface area (Å²) in [5.74, 6) is 1.81. The van der Waals surface area contributed by atoms with E-state index in [-0.39, 0.29) is 22.6 Å². The number of H-pyrrole nitrogens is 1. The molecule has 2 aromatic heterocycles. The summed E-state index contributed by atoms with van der Waals surface area (Å²) >= 11 is 1.74. The van der Waals surface area contributed by atoms with Crippen molar-refractivity contribution in [3.8, 4) is 5.88 Å². The molecule has 2 N–H and O–H groups in total. The Bertz CT molecular complexity index is 963.